The first-order chi connectivity index (χ1) is 1.41. The summed E-state index contributed by atoms with van der Waals surface area (Å²) in [6.07, 6.45) is 1.00. The van der Waals surface area contributed by atoms with E-state index in [2.05, 4.69) is 5.73 Å². The van der Waals surface area contributed by atoms with Gasteiger partial charge in [-0.25, -0.2) is 0 Å². The van der Waals surface area contributed by atoms with E-state index in [9.17, 15) is 0 Å². The summed E-state index contributed by atoms with van der Waals surface area (Å²) in [5.41, 5.74) is 4.04. The molecule has 0 rings (SSSR count). The molecule has 23 valence electrons. The van der Waals surface area contributed by atoms with E-state index in [1.807, 2.05) is 0 Å². The zero-order chi connectivity index (χ0) is 2.71. The number of hydrogen-bond acceptors (Lipinski definition) is 1. The van der Waals surface area contributed by atoms with Crippen LogP contribution in [0, 0.1) is 0 Å². The molecule has 1 amide bonds. The average molecular weight is 95.0 g/mol. The van der Waals surface area contributed by atoms with Gasteiger partial charge in [0.05, 0.1) is 0 Å². The van der Waals surface area contributed by atoms with Crippen molar-refractivity contribution >= 4 is 6.41 Å². The van der Waals surface area contributed by atoms with Gasteiger partial charge >= 0.3 is 0 Å². The number of amides is 1. The van der Waals surface area contributed by atoms with Crippen LogP contribution in [0.4, 0.5) is 0 Å². The standard InChI is InChI=1S/CH2NO.V/c2-1-3;/h(H2,2,3);/q-1;. The Hall–Kier alpha value is 0.0544. The molecule has 0 aliphatic carbocycles. The van der Waals surface area contributed by atoms with E-state index >= 15 is 0 Å². The first kappa shape index (κ1) is 8.96. The van der Waals surface area contributed by atoms with E-state index in [1.165, 1.54) is 0 Å². The average Bonchev–Trinajstić information content (AvgIpc) is 0.918. The second-order valence-corrected chi connectivity index (χ2v) is 0.118. The first-order valence-corrected chi connectivity index (χ1v) is 0.493. The van der Waals surface area contributed by atoms with E-state index in [-0.39, 0.29) is 18.6 Å². The van der Waals surface area contributed by atoms with Crippen molar-refractivity contribution in [2.45, 2.75) is 0 Å². The Bertz CT molecular complexity index is 15.5. The number of nitrogens with two attached hydrogens (primary N) is 1. The summed E-state index contributed by atoms with van der Waals surface area (Å²) in [4.78, 5) is 8.46. The Kier molecular flexibility index (Phi) is 26.0. The molecule has 0 atom stereocenters. The molecule has 0 bridgehead atoms. The number of carbonyl (C=O) groups excluding carboxylic acids is 1. The molecule has 2 nitrogen and oxygen atoms in total. The third-order valence-electron chi connectivity index (χ3n) is 0. The second kappa shape index (κ2) is 11.6. The van der Waals surface area contributed by atoms with Crippen molar-refractivity contribution in [1.82, 2.24) is 0 Å². The minimum Gasteiger partial charge on any atom is -0.543 e. The van der Waals surface area contributed by atoms with Gasteiger partial charge in [0.2, 0.25) is 0 Å². The zero-order valence-electron chi connectivity index (χ0n) is 1.93. The molecule has 0 unspecified atom stereocenters. The molecule has 0 fully saturated rings. The fraction of sp³-hybridized carbons (Fsp3) is 0. The van der Waals surface area contributed by atoms with Gasteiger partial charge in [0.25, 0.3) is 0 Å². The first-order valence-electron chi connectivity index (χ1n) is 0.493. The van der Waals surface area contributed by atoms with Crippen molar-refractivity contribution in [3.8, 4) is 0 Å². The monoisotopic (exact) mass is 95.0 g/mol. The van der Waals surface area contributed by atoms with Crippen molar-refractivity contribution < 1.29 is 23.4 Å². The van der Waals surface area contributed by atoms with Gasteiger partial charge in [-0.1, -0.05) is 0 Å². The maximum atomic E-state index is 8.46. The largest absolute Gasteiger partial charge is 0.543 e. The van der Waals surface area contributed by atoms with Gasteiger partial charge in [-0.3, -0.25) is 0 Å². The van der Waals surface area contributed by atoms with Crippen LogP contribution in [0.5, 0.6) is 0 Å². The van der Waals surface area contributed by atoms with E-state index in [4.69, 9.17) is 4.79 Å². The molecule has 0 heterocycles. The topological polar surface area (TPSA) is 43.1 Å². The van der Waals surface area contributed by atoms with E-state index in [0.717, 1.165) is 6.41 Å². The molecular weight excluding hydrogens is 93.0 g/mol. The summed E-state index contributed by atoms with van der Waals surface area (Å²) in [6, 6.07) is 0. The quantitative estimate of drug-likeness (QED) is 0.304. The predicted octanol–water partition coefficient (Wildman–Crippen LogP) is -0.990. The van der Waals surface area contributed by atoms with Crippen LogP contribution < -0.4 is 5.73 Å². The molecule has 1 radical (unpaired) electrons. The molecule has 3 heteroatoms. The molecule has 0 aliphatic rings. The van der Waals surface area contributed by atoms with Crippen molar-refractivity contribution in [3.05, 3.63) is 0 Å². The van der Waals surface area contributed by atoms with Crippen LogP contribution in [0.3, 0.4) is 0 Å². The predicted molar refractivity (Wildman–Crippen MR) is 9.88 cm³/mol. The molecule has 2 N–H and O–H groups in total. The van der Waals surface area contributed by atoms with Crippen LogP contribution in [0.15, 0.2) is 0 Å². The third-order valence-corrected chi connectivity index (χ3v) is 0. The van der Waals surface area contributed by atoms with Gasteiger partial charge in [-0.15, -0.1) is 0 Å². The summed E-state index contributed by atoms with van der Waals surface area (Å²) in [7, 11) is 0. The molecule has 0 spiro atoms. The maximum Gasteiger partial charge on any atom is 0 e. The normalized spacial score (nSPS) is 3.00. The summed E-state index contributed by atoms with van der Waals surface area (Å²) in [5.74, 6) is 0. The SMILES string of the molecule is N[C-]=O.[V]. The van der Waals surface area contributed by atoms with Crippen LogP contribution in [0.1, 0.15) is 0 Å². The van der Waals surface area contributed by atoms with Gasteiger partial charge < -0.3 is 10.5 Å². The van der Waals surface area contributed by atoms with Crippen molar-refractivity contribution in [1.29, 1.82) is 0 Å². The second-order valence-electron chi connectivity index (χ2n) is 0.118. The van der Waals surface area contributed by atoms with Gasteiger partial charge in [0.15, 0.2) is 0 Å². The minimum atomic E-state index is 0. The number of rotatable bonds is 0. The van der Waals surface area contributed by atoms with Crippen molar-refractivity contribution in [2.24, 2.45) is 5.73 Å². The van der Waals surface area contributed by atoms with Crippen LogP contribution in [0.2, 0.25) is 0 Å². The Morgan fingerprint density at radius 1 is 1.75 bits per heavy atom. The molecular formula is CH2NOV-. The van der Waals surface area contributed by atoms with Gasteiger partial charge in [0, 0.05) is 18.6 Å². The van der Waals surface area contributed by atoms with Crippen molar-refractivity contribution in [3.63, 3.8) is 0 Å². The summed E-state index contributed by atoms with van der Waals surface area (Å²) >= 11 is 0. The van der Waals surface area contributed by atoms with Crippen LogP contribution in [0.25, 0.3) is 0 Å². The van der Waals surface area contributed by atoms with Crippen LogP contribution >= 0.6 is 0 Å². The van der Waals surface area contributed by atoms with E-state index in [0.29, 0.717) is 0 Å². The molecule has 0 aliphatic heterocycles. The van der Waals surface area contributed by atoms with Crippen molar-refractivity contribution in [2.75, 3.05) is 0 Å². The molecule has 0 saturated heterocycles. The zero-order valence-corrected chi connectivity index (χ0v) is 3.33. The van der Waals surface area contributed by atoms with Gasteiger partial charge in [0.1, 0.15) is 0 Å². The Balaban J connectivity index is 0. The molecule has 0 aromatic heterocycles. The van der Waals surface area contributed by atoms with Gasteiger partial charge in [-0.2, -0.15) is 6.41 Å². The summed E-state index contributed by atoms with van der Waals surface area (Å²) in [6.45, 7) is 0. The Labute approximate surface area is 36.2 Å². The maximum absolute atomic E-state index is 8.46. The summed E-state index contributed by atoms with van der Waals surface area (Å²) in [5, 5.41) is 0. The van der Waals surface area contributed by atoms with Crippen LogP contribution in [-0.4, -0.2) is 6.41 Å². The summed E-state index contributed by atoms with van der Waals surface area (Å²) < 4.78 is 0. The molecule has 4 heavy (non-hydrogen) atoms. The number of primary amides is 1. The molecule has 0 aromatic carbocycles. The Morgan fingerprint density at radius 2 is 1.75 bits per heavy atom. The van der Waals surface area contributed by atoms with E-state index < -0.39 is 0 Å². The third kappa shape index (κ3) is 771. The Morgan fingerprint density at radius 3 is 1.75 bits per heavy atom. The molecule has 0 aromatic rings. The minimum absolute atomic E-state index is 0. The fourth-order valence-corrected chi connectivity index (χ4v) is 0. The van der Waals surface area contributed by atoms with Gasteiger partial charge in [-0.05, 0) is 0 Å². The number of hydrogen-bond donors (Lipinski definition) is 1. The van der Waals surface area contributed by atoms with E-state index in [1.54, 1.807) is 0 Å². The fourth-order valence-electron chi connectivity index (χ4n) is 0. The van der Waals surface area contributed by atoms with Crippen LogP contribution in [-0.2, 0) is 23.4 Å². The smallest absolute Gasteiger partial charge is 0 e. The molecule has 0 saturated carbocycles.